The zero-order valence-electron chi connectivity index (χ0n) is 8.42. The minimum absolute atomic E-state index is 0.463. The fourth-order valence-electron chi connectivity index (χ4n) is 0.696. The van der Waals surface area contributed by atoms with Crippen LogP contribution in [-0.4, -0.2) is 27.9 Å². The third-order valence-corrected chi connectivity index (χ3v) is 8.60. The van der Waals surface area contributed by atoms with Crippen LogP contribution in [0.2, 0.25) is 0 Å². The van der Waals surface area contributed by atoms with E-state index in [1.807, 2.05) is 0 Å². The Morgan fingerprint density at radius 1 is 1.00 bits per heavy atom. The molecule has 4 nitrogen and oxygen atoms in total. The Kier molecular flexibility index (Phi) is 6.57. The van der Waals surface area contributed by atoms with E-state index in [9.17, 15) is 0 Å². The third kappa shape index (κ3) is 4.09. The first-order valence-corrected chi connectivity index (χ1v) is 9.76. The molecule has 0 saturated carbocycles. The van der Waals surface area contributed by atoms with Gasteiger partial charge in [-0.3, -0.25) is 0 Å². The van der Waals surface area contributed by atoms with Gasteiger partial charge >= 0.3 is 80.8 Å². The molecule has 0 aromatic carbocycles. The molecule has 12 heavy (non-hydrogen) atoms. The van der Waals surface area contributed by atoms with E-state index in [2.05, 4.69) is 13.8 Å². The van der Waals surface area contributed by atoms with Gasteiger partial charge in [0.05, 0.1) is 0 Å². The molecule has 0 spiro atoms. The van der Waals surface area contributed by atoms with Crippen molar-refractivity contribution in [3.05, 3.63) is 0 Å². The van der Waals surface area contributed by atoms with Crippen molar-refractivity contribution in [2.24, 2.45) is 5.92 Å². The number of hydrogen-bond donors (Lipinski definition) is 0. The van der Waals surface area contributed by atoms with Crippen molar-refractivity contribution in [2.75, 3.05) is 27.9 Å². The second kappa shape index (κ2) is 6.21. The molecule has 0 aromatic rings. The third-order valence-electron chi connectivity index (χ3n) is 1.34. The number of hydrogen-bond acceptors (Lipinski definition) is 4. The van der Waals surface area contributed by atoms with Crippen molar-refractivity contribution in [1.82, 2.24) is 0 Å². The molecular weight excluding hydrogens is 327 g/mol. The molecule has 0 amide bonds. The maximum absolute atomic E-state index is 5.49. The molecule has 0 radical (unpaired) electrons. The van der Waals surface area contributed by atoms with Gasteiger partial charge in [0.25, 0.3) is 0 Å². The normalized spacial score (nSPS) is 12.5. The predicted octanol–water partition coefficient (Wildman–Crippen LogP) is 1.41. The van der Waals surface area contributed by atoms with Crippen LogP contribution in [0.15, 0.2) is 0 Å². The maximum atomic E-state index is 5.49. The quantitative estimate of drug-likeness (QED) is 0.683. The van der Waals surface area contributed by atoms with Gasteiger partial charge in [-0.2, -0.15) is 0 Å². The van der Waals surface area contributed by atoms with Gasteiger partial charge in [0, 0.05) is 0 Å². The number of rotatable bonds is 6. The topological polar surface area (TPSA) is 36.9 Å². The van der Waals surface area contributed by atoms with Gasteiger partial charge < -0.3 is 0 Å². The molecule has 0 heterocycles. The zero-order valence-corrected chi connectivity index (χ0v) is 12.0. The molecule has 0 atom stereocenters. The Morgan fingerprint density at radius 2 is 1.42 bits per heavy atom. The first kappa shape index (κ1) is 12.7. The van der Waals surface area contributed by atoms with E-state index in [1.165, 1.54) is 0 Å². The molecule has 0 N–H and O–H groups in total. The zero-order chi connectivity index (χ0) is 9.61. The SMILES string of the molecule is C[O][Hf]([O]C)([O]C)[O]CC(C)C. The molecule has 0 aliphatic rings. The van der Waals surface area contributed by atoms with Crippen LogP contribution in [0, 0.1) is 5.92 Å². The van der Waals surface area contributed by atoms with E-state index >= 15 is 0 Å². The van der Waals surface area contributed by atoms with E-state index in [0.29, 0.717) is 12.5 Å². The first-order chi connectivity index (χ1) is 5.60. The molecule has 0 saturated heterocycles. The van der Waals surface area contributed by atoms with Crippen LogP contribution in [0.25, 0.3) is 0 Å². The van der Waals surface area contributed by atoms with Crippen molar-refractivity contribution in [2.45, 2.75) is 13.8 Å². The Balaban J connectivity index is 3.93. The van der Waals surface area contributed by atoms with Crippen molar-refractivity contribution in [3.8, 4) is 0 Å². The van der Waals surface area contributed by atoms with E-state index in [-0.39, 0.29) is 0 Å². The van der Waals surface area contributed by atoms with Gasteiger partial charge in [0.2, 0.25) is 0 Å². The molecule has 74 valence electrons. The molecule has 0 unspecified atom stereocenters. The molecule has 0 bridgehead atoms. The van der Waals surface area contributed by atoms with Gasteiger partial charge in [0.15, 0.2) is 0 Å². The van der Waals surface area contributed by atoms with Crippen LogP contribution >= 0.6 is 0 Å². The molecule has 0 aromatic heterocycles. The molecule has 0 rings (SSSR count). The summed E-state index contributed by atoms with van der Waals surface area (Å²) in [5, 5.41) is 0. The van der Waals surface area contributed by atoms with Crippen LogP contribution in [0.1, 0.15) is 13.8 Å². The summed E-state index contributed by atoms with van der Waals surface area (Å²) in [6.45, 7) is 4.76. The minimum atomic E-state index is -3.64. The summed E-state index contributed by atoms with van der Waals surface area (Å²) in [4.78, 5) is 0. The van der Waals surface area contributed by atoms with Gasteiger partial charge in [-0.05, 0) is 0 Å². The molecule has 0 fully saturated rings. The van der Waals surface area contributed by atoms with E-state index in [0.717, 1.165) is 0 Å². The van der Waals surface area contributed by atoms with Crippen molar-refractivity contribution in [1.29, 1.82) is 0 Å². The van der Waals surface area contributed by atoms with E-state index < -0.39 is 21.7 Å². The molecule has 5 heteroatoms. The van der Waals surface area contributed by atoms with E-state index in [4.69, 9.17) is 11.4 Å². The average molecular weight is 345 g/mol. The van der Waals surface area contributed by atoms with Crippen LogP contribution in [-0.2, 0) is 33.1 Å². The summed E-state index contributed by atoms with van der Waals surface area (Å²) in [5.41, 5.74) is 0. The van der Waals surface area contributed by atoms with Crippen molar-refractivity contribution < 1.29 is 33.1 Å². The summed E-state index contributed by atoms with van der Waals surface area (Å²) >= 11 is -3.64. The summed E-state index contributed by atoms with van der Waals surface area (Å²) in [5.74, 6) is 0.463. The predicted molar refractivity (Wildman–Crippen MR) is 41.8 cm³/mol. The summed E-state index contributed by atoms with van der Waals surface area (Å²) < 4.78 is 20.9. The fourth-order valence-corrected chi connectivity index (χ4v) is 5.69. The van der Waals surface area contributed by atoms with Crippen LogP contribution in [0.3, 0.4) is 0 Å². The summed E-state index contributed by atoms with van der Waals surface area (Å²) in [6.07, 6.45) is 0. The Morgan fingerprint density at radius 3 is 1.67 bits per heavy atom. The van der Waals surface area contributed by atoms with Crippen molar-refractivity contribution >= 4 is 0 Å². The van der Waals surface area contributed by atoms with Gasteiger partial charge in [-0.1, -0.05) is 0 Å². The molecular formula is C7H18HfO4. The molecule has 0 aliphatic heterocycles. The van der Waals surface area contributed by atoms with Crippen molar-refractivity contribution in [3.63, 3.8) is 0 Å². The van der Waals surface area contributed by atoms with Crippen LogP contribution < -0.4 is 0 Å². The Bertz CT molecular complexity index is 106. The summed E-state index contributed by atoms with van der Waals surface area (Å²) in [7, 11) is 4.69. The molecule has 0 aliphatic carbocycles. The van der Waals surface area contributed by atoms with E-state index in [1.54, 1.807) is 21.3 Å². The Hall–Kier alpha value is 0.710. The van der Waals surface area contributed by atoms with Gasteiger partial charge in [-0.15, -0.1) is 0 Å². The van der Waals surface area contributed by atoms with Crippen LogP contribution in [0.5, 0.6) is 0 Å². The van der Waals surface area contributed by atoms with Crippen LogP contribution in [0.4, 0.5) is 0 Å². The van der Waals surface area contributed by atoms with Gasteiger partial charge in [0.1, 0.15) is 0 Å². The second-order valence-electron chi connectivity index (χ2n) is 2.82. The Labute approximate surface area is 80.9 Å². The fraction of sp³-hybridized carbons (Fsp3) is 1.00. The second-order valence-corrected chi connectivity index (χ2v) is 11.8. The standard InChI is InChI=1S/C4H9O.3CH3O.Hf/c1-4(2)3-5;3*1-2;/h4H,3H2,1-2H3;3*1H3;/q4*-1;+4. The average Bonchev–Trinajstić information content (AvgIpc) is 2.08. The first-order valence-electron chi connectivity index (χ1n) is 3.89. The monoisotopic (exact) mass is 346 g/mol. The summed E-state index contributed by atoms with van der Waals surface area (Å²) in [6, 6.07) is 0. The van der Waals surface area contributed by atoms with Gasteiger partial charge in [-0.25, -0.2) is 0 Å².